The van der Waals surface area contributed by atoms with Crippen LogP contribution in [0.5, 0.6) is 0 Å². The van der Waals surface area contributed by atoms with Crippen molar-refractivity contribution >= 4 is 5.82 Å². The van der Waals surface area contributed by atoms with Gasteiger partial charge in [0.25, 0.3) is 0 Å². The molecule has 1 aromatic rings. The summed E-state index contributed by atoms with van der Waals surface area (Å²) in [6, 6.07) is 0. The van der Waals surface area contributed by atoms with E-state index in [4.69, 9.17) is 5.73 Å². The molecule has 2 rings (SSSR count). The molecule has 4 heteroatoms. The maximum absolute atomic E-state index is 5.51. The monoisotopic (exact) mass is 234 g/mol. The summed E-state index contributed by atoms with van der Waals surface area (Å²) in [5.74, 6) is 2.05. The van der Waals surface area contributed by atoms with Gasteiger partial charge in [-0.3, -0.25) is 0 Å². The maximum atomic E-state index is 5.51. The van der Waals surface area contributed by atoms with Gasteiger partial charge >= 0.3 is 0 Å². The van der Waals surface area contributed by atoms with Crippen LogP contribution in [-0.4, -0.2) is 23.1 Å². The van der Waals surface area contributed by atoms with Crippen molar-refractivity contribution in [3.63, 3.8) is 0 Å². The van der Waals surface area contributed by atoms with Crippen molar-refractivity contribution in [2.45, 2.75) is 45.4 Å². The molecule has 4 nitrogen and oxygen atoms in total. The average Bonchev–Trinajstić information content (AvgIpc) is 2.78. The van der Waals surface area contributed by atoms with E-state index in [1.54, 1.807) is 0 Å². The molecule has 0 spiro atoms. The summed E-state index contributed by atoms with van der Waals surface area (Å²) in [6.07, 6.45) is 6.50. The van der Waals surface area contributed by atoms with Crippen molar-refractivity contribution in [3.8, 4) is 0 Å². The quantitative estimate of drug-likeness (QED) is 0.735. The fraction of sp³-hybridized carbons (Fsp3) is 0.692. The Hall–Kier alpha value is -1.16. The van der Waals surface area contributed by atoms with E-state index in [0.717, 1.165) is 56.8 Å². The molecule has 3 N–H and O–H groups in total. The zero-order valence-corrected chi connectivity index (χ0v) is 10.6. The summed E-state index contributed by atoms with van der Waals surface area (Å²) >= 11 is 0. The van der Waals surface area contributed by atoms with Crippen LogP contribution in [0, 0.1) is 0 Å². The molecule has 0 atom stereocenters. The summed E-state index contributed by atoms with van der Waals surface area (Å²) in [5, 5.41) is 3.41. The van der Waals surface area contributed by atoms with E-state index in [0.29, 0.717) is 0 Å². The zero-order valence-electron chi connectivity index (χ0n) is 10.6. The molecular weight excluding hydrogens is 212 g/mol. The molecule has 0 amide bonds. The number of fused-ring (bicyclic) bond motifs is 1. The molecule has 0 fully saturated rings. The molecule has 1 heterocycles. The van der Waals surface area contributed by atoms with Crippen molar-refractivity contribution < 1.29 is 0 Å². The summed E-state index contributed by atoms with van der Waals surface area (Å²) in [5.41, 5.74) is 8.11. The molecular formula is C13H22N4. The molecule has 94 valence electrons. The van der Waals surface area contributed by atoms with Crippen LogP contribution in [0.25, 0.3) is 0 Å². The summed E-state index contributed by atoms with van der Waals surface area (Å²) < 4.78 is 0. The second-order valence-corrected chi connectivity index (χ2v) is 4.59. The van der Waals surface area contributed by atoms with E-state index >= 15 is 0 Å². The SMILES string of the molecule is CCCc1nc2c(c(NCCCN)n1)CCC2. The van der Waals surface area contributed by atoms with Crippen LogP contribution < -0.4 is 11.1 Å². The standard InChI is InChI=1S/C13H22N4/c1-2-5-12-16-11-7-3-6-10(11)13(17-12)15-9-4-8-14/h2-9,14H2,1H3,(H,15,16,17). The Morgan fingerprint density at radius 3 is 2.94 bits per heavy atom. The lowest BCUT2D eigenvalue weighted by atomic mass is 10.2. The number of nitrogens with zero attached hydrogens (tertiary/aromatic N) is 2. The van der Waals surface area contributed by atoms with Crippen LogP contribution >= 0.6 is 0 Å². The fourth-order valence-corrected chi connectivity index (χ4v) is 2.27. The molecule has 0 saturated heterocycles. The highest BCUT2D eigenvalue weighted by atomic mass is 15.0. The first-order valence-corrected chi connectivity index (χ1v) is 6.67. The Balaban J connectivity index is 2.16. The topological polar surface area (TPSA) is 63.8 Å². The molecule has 0 bridgehead atoms. The summed E-state index contributed by atoms with van der Waals surface area (Å²) in [4.78, 5) is 9.30. The second-order valence-electron chi connectivity index (χ2n) is 4.59. The average molecular weight is 234 g/mol. The predicted molar refractivity (Wildman–Crippen MR) is 70.2 cm³/mol. The summed E-state index contributed by atoms with van der Waals surface area (Å²) in [7, 11) is 0. The number of aromatic nitrogens is 2. The molecule has 17 heavy (non-hydrogen) atoms. The predicted octanol–water partition coefficient (Wildman–Crippen LogP) is 1.68. The lowest BCUT2D eigenvalue weighted by Crippen LogP contribution is -2.12. The third kappa shape index (κ3) is 2.94. The van der Waals surface area contributed by atoms with Crippen molar-refractivity contribution in [3.05, 3.63) is 17.1 Å². The van der Waals surface area contributed by atoms with Crippen molar-refractivity contribution in [2.24, 2.45) is 5.73 Å². The van der Waals surface area contributed by atoms with Crippen LogP contribution in [0.3, 0.4) is 0 Å². The van der Waals surface area contributed by atoms with Gasteiger partial charge in [0.05, 0.1) is 0 Å². The number of nitrogens with one attached hydrogen (secondary N) is 1. The van der Waals surface area contributed by atoms with Crippen molar-refractivity contribution in [1.82, 2.24) is 9.97 Å². The zero-order chi connectivity index (χ0) is 12.1. The van der Waals surface area contributed by atoms with Crippen LogP contribution in [0.4, 0.5) is 5.82 Å². The molecule has 0 saturated carbocycles. The minimum atomic E-state index is 0.724. The van der Waals surface area contributed by atoms with Gasteiger partial charge in [-0.05, 0) is 38.6 Å². The molecule has 0 aromatic carbocycles. The maximum Gasteiger partial charge on any atom is 0.133 e. The van der Waals surface area contributed by atoms with Crippen LogP contribution in [0.1, 0.15) is 43.3 Å². The largest absolute Gasteiger partial charge is 0.370 e. The molecule has 1 aliphatic carbocycles. The first-order chi connectivity index (χ1) is 8.35. The fourth-order valence-electron chi connectivity index (χ4n) is 2.27. The minimum absolute atomic E-state index is 0.724. The van der Waals surface area contributed by atoms with Gasteiger partial charge < -0.3 is 11.1 Å². The van der Waals surface area contributed by atoms with Gasteiger partial charge in [-0.15, -0.1) is 0 Å². The Bertz CT molecular complexity index is 376. The van der Waals surface area contributed by atoms with Gasteiger partial charge in [-0.1, -0.05) is 6.92 Å². The lowest BCUT2D eigenvalue weighted by Gasteiger charge is -2.11. The Morgan fingerprint density at radius 2 is 2.18 bits per heavy atom. The van der Waals surface area contributed by atoms with Gasteiger partial charge in [0.2, 0.25) is 0 Å². The highest BCUT2D eigenvalue weighted by Crippen LogP contribution is 2.26. The van der Waals surface area contributed by atoms with Crippen LogP contribution in [0.15, 0.2) is 0 Å². The number of anilines is 1. The number of nitrogens with two attached hydrogens (primary N) is 1. The normalized spacial score (nSPS) is 13.8. The number of hydrogen-bond donors (Lipinski definition) is 2. The van der Waals surface area contributed by atoms with Crippen LogP contribution in [0.2, 0.25) is 0 Å². The van der Waals surface area contributed by atoms with Crippen molar-refractivity contribution in [1.29, 1.82) is 0 Å². The third-order valence-corrected chi connectivity index (χ3v) is 3.13. The van der Waals surface area contributed by atoms with E-state index in [1.165, 1.54) is 17.7 Å². The van der Waals surface area contributed by atoms with E-state index in [9.17, 15) is 0 Å². The Kier molecular flexibility index (Phi) is 4.31. The van der Waals surface area contributed by atoms with E-state index < -0.39 is 0 Å². The van der Waals surface area contributed by atoms with Gasteiger partial charge in [-0.25, -0.2) is 9.97 Å². The molecule has 0 aliphatic heterocycles. The minimum Gasteiger partial charge on any atom is -0.370 e. The van der Waals surface area contributed by atoms with Crippen molar-refractivity contribution in [2.75, 3.05) is 18.4 Å². The molecule has 0 unspecified atom stereocenters. The van der Waals surface area contributed by atoms with Gasteiger partial charge in [-0.2, -0.15) is 0 Å². The highest BCUT2D eigenvalue weighted by molar-refractivity contribution is 5.48. The first-order valence-electron chi connectivity index (χ1n) is 6.67. The molecule has 0 radical (unpaired) electrons. The van der Waals surface area contributed by atoms with Gasteiger partial charge in [0.1, 0.15) is 11.6 Å². The van der Waals surface area contributed by atoms with E-state index in [1.807, 2.05) is 0 Å². The summed E-state index contributed by atoms with van der Waals surface area (Å²) in [6.45, 7) is 3.80. The highest BCUT2D eigenvalue weighted by Gasteiger charge is 2.18. The van der Waals surface area contributed by atoms with Gasteiger partial charge in [0, 0.05) is 24.2 Å². The van der Waals surface area contributed by atoms with Gasteiger partial charge in [0.15, 0.2) is 0 Å². The lowest BCUT2D eigenvalue weighted by molar-refractivity contribution is 0.809. The third-order valence-electron chi connectivity index (χ3n) is 3.13. The molecule has 1 aliphatic rings. The van der Waals surface area contributed by atoms with Crippen LogP contribution in [-0.2, 0) is 19.3 Å². The first kappa shape index (κ1) is 12.3. The number of aryl methyl sites for hydroxylation is 2. The molecule has 1 aromatic heterocycles. The van der Waals surface area contributed by atoms with E-state index in [-0.39, 0.29) is 0 Å². The number of rotatable bonds is 6. The number of hydrogen-bond acceptors (Lipinski definition) is 4. The Labute approximate surface area is 103 Å². The van der Waals surface area contributed by atoms with E-state index in [2.05, 4.69) is 22.2 Å². The smallest absolute Gasteiger partial charge is 0.133 e. The second kappa shape index (κ2) is 5.96. The Morgan fingerprint density at radius 1 is 1.29 bits per heavy atom.